The van der Waals surface area contributed by atoms with E-state index < -0.39 is 10.0 Å². The Morgan fingerprint density at radius 3 is 2.78 bits per heavy atom. The van der Waals surface area contributed by atoms with Gasteiger partial charge in [-0.1, -0.05) is 0 Å². The van der Waals surface area contributed by atoms with E-state index in [0.717, 1.165) is 0 Å². The van der Waals surface area contributed by atoms with Crippen LogP contribution < -0.4 is 0 Å². The molecule has 0 aliphatic rings. The molecule has 0 unspecified atom stereocenters. The first-order chi connectivity index (χ1) is 8.48. The highest BCUT2D eigenvalue weighted by Gasteiger charge is 2.20. The fourth-order valence-electron chi connectivity index (χ4n) is 1.35. The van der Waals surface area contributed by atoms with Crippen molar-refractivity contribution in [3.05, 3.63) is 24.5 Å². The summed E-state index contributed by atoms with van der Waals surface area (Å²) in [7, 11) is -0.749. The van der Waals surface area contributed by atoms with E-state index in [-0.39, 0.29) is 23.8 Å². The third-order valence-electron chi connectivity index (χ3n) is 2.42. The number of pyridine rings is 1. The number of hydrogen-bond donors (Lipinski definition) is 0. The van der Waals surface area contributed by atoms with Gasteiger partial charge in [-0.15, -0.1) is 0 Å². The van der Waals surface area contributed by atoms with Crippen molar-refractivity contribution in [3.63, 3.8) is 0 Å². The van der Waals surface area contributed by atoms with E-state index in [4.69, 9.17) is 0 Å². The average molecular weight is 272 g/mol. The van der Waals surface area contributed by atoms with Gasteiger partial charge in [-0.25, -0.2) is 12.7 Å². The summed E-state index contributed by atoms with van der Waals surface area (Å²) < 4.78 is 29.8. The van der Waals surface area contributed by atoms with Crippen molar-refractivity contribution >= 4 is 16.0 Å². The van der Waals surface area contributed by atoms with Gasteiger partial charge in [0.15, 0.2) is 0 Å². The zero-order chi connectivity index (χ0) is 13.6. The summed E-state index contributed by atoms with van der Waals surface area (Å²) in [5.41, 5.74) is 0. The Hall–Kier alpha value is -1.47. The molecule has 0 N–H and O–H groups in total. The van der Waals surface area contributed by atoms with Crippen LogP contribution in [0.1, 0.15) is 12.8 Å². The van der Waals surface area contributed by atoms with Crippen molar-refractivity contribution in [2.45, 2.75) is 17.7 Å². The van der Waals surface area contributed by atoms with Crippen LogP contribution in [-0.2, 0) is 19.6 Å². The molecule has 0 amide bonds. The van der Waals surface area contributed by atoms with Crippen LogP contribution in [0.5, 0.6) is 0 Å². The minimum absolute atomic E-state index is 0.144. The molecule has 0 atom stereocenters. The molecule has 1 aromatic rings. The normalized spacial score (nSPS) is 11.5. The summed E-state index contributed by atoms with van der Waals surface area (Å²) in [6.07, 6.45) is 3.43. The molecular weight excluding hydrogens is 256 g/mol. The number of esters is 1. The molecule has 6 nitrogen and oxygen atoms in total. The molecule has 0 bridgehead atoms. The summed E-state index contributed by atoms with van der Waals surface area (Å²) in [6.45, 7) is 0.256. The predicted octanol–water partition coefficient (Wildman–Crippen LogP) is 0.655. The molecule has 0 saturated heterocycles. The minimum atomic E-state index is -3.52. The first-order valence-electron chi connectivity index (χ1n) is 5.41. The third-order valence-corrected chi connectivity index (χ3v) is 4.26. The van der Waals surface area contributed by atoms with Crippen molar-refractivity contribution in [2.75, 3.05) is 20.7 Å². The topological polar surface area (TPSA) is 76.6 Å². The van der Waals surface area contributed by atoms with Crippen LogP contribution in [0, 0.1) is 0 Å². The van der Waals surface area contributed by atoms with Gasteiger partial charge in [-0.3, -0.25) is 9.78 Å². The van der Waals surface area contributed by atoms with Gasteiger partial charge >= 0.3 is 5.97 Å². The van der Waals surface area contributed by atoms with Gasteiger partial charge in [0, 0.05) is 32.4 Å². The molecule has 0 aliphatic heterocycles. The monoisotopic (exact) mass is 272 g/mol. The fourth-order valence-corrected chi connectivity index (χ4v) is 2.52. The SMILES string of the molecule is COC(=O)CCCN(C)S(=O)(=O)c1cccnc1. The molecule has 0 saturated carbocycles. The maximum atomic E-state index is 12.0. The number of ether oxygens (including phenoxy) is 1. The number of carbonyl (C=O) groups excluding carboxylic acids is 1. The van der Waals surface area contributed by atoms with E-state index in [1.165, 1.54) is 36.9 Å². The fraction of sp³-hybridized carbons (Fsp3) is 0.455. The van der Waals surface area contributed by atoms with E-state index in [1.54, 1.807) is 6.07 Å². The van der Waals surface area contributed by atoms with Crippen molar-refractivity contribution in [1.29, 1.82) is 0 Å². The maximum absolute atomic E-state index is 12.0. The maximum Gasteiger partial charge on any atom is 0.305 e. The van der Waals surface area contributed by atoms with Crippen molar-refractivity contribution in [1.82, 2.24) is 9.29 Å². The lowest BCUT2D eigenvalue weighted by Crippen LogP contribution is -2.28. The Balaban J connectivity index is 2.61. The standard InChI is InChI=1S/C11H16N2O4S/c1-13(8-4-6-11(14)17-2)18(15,16)10-5-3-7-12-9-10/h3,5,7,9H,4,6,8H2,1-2H3. The Bertz CT molecular complexity index is 487. The first-order valence-corrected chi connectivity index (χ1v) is 6.85. The van der Waals surface area contributed by atoms with Gasteiger partial charge in [0.05, 0.1) is 7.11 Å². The second kappa shape index (κ2) is 6.46. The summed E-state index contributed by atoms with van der Waals surface area (Å²) in [6, 6.07) is 3.05. The van der Waals surface area contributed by atoms with E-state index in [0.29, 0.717) is 6.42 Å². The quantitative estimate of drug-likeness (QED) is 0.711. The van der Waals surface area contributed by atoms with Gasteiger partial charge in [-0.05, 0) is 18.6 Å². The number of nitrogens with zero attached hydrogens (tertiary/aromatic N) is 2. The highest BCUT2D eigenvalue weighted by Crippen LogP contribution is 2.12. The van der Waals surface area contributed by atoms with E-state index in [1.807, 2.05) is 0 Å². The molecule has 1 heterocycles. The Labute approximate surface area is 107 Å². The minimum Gasteiger partial charge on any atom is -0.469 e. The van der Waals surface area contributed by atoms with Crippen LogP contribution in [0.2, 0.25) is 0 Å². The van der Waals surface area contributed by atoms with Crippen LogP contribution in [0.15, 0.2) is 29.4 Å². The lowest BCUT2D eigenvalue weighted by molar-refractivity contribution is -0.140. The number of carbonyl (C=O) groups is 1. The van der Waals surface area contributed by atoms with Crippen LogP contribution >= 0.6 is 0 Å². The summed E-state index contributed by atoms with van der Waals surface area (Å²) in [5, 5.41) is 0. The number of hydrogen-bond acceptors (Lipinski definition) is 5. The number of rotatable bonds is 6. The van der Waals surface area contributed by atoms with Crippen LogP contribution in [0.4, 0.5) is 0 Å². The molecule has 0 aliphatic carbocycles. The van der Waals surface area contributed by atoms with Gasteiger partial charge in [0.25, 0.3) is 0 Å². The smallest absolute Gasteiger partial charge is 0.305 e. The largest absolute Gasteiger partial charge is 0.469 e. The zero-order valence-electron chi connectivity index (χ0n) is 10.4. The van der Waals surface area contributed by atoms with Crippen LogP contribution in [-0.4, -0.2) is 44.4 Å². The van der Waals surface area contributed by atoms with Crippen LogP contribution in [0.3, 0.4) is 0 Å². The third kappa shape index (κ3) is 3.78. The summed E-state index contributed by atoms with van der Waals surface area (Å²) in [5.74, 6) is -0.345. The number of sulfonamides is 1. The summed E-state index contributed by atoms with van der Waals surface area (Å²) in [4.78, 5) is 14.8. The van der Waals surface area contributed by atoms with E-state index in [2.05, 4.69) is 9.72 Å². The molecule has 0 radical (unpaired) electrons. The molecule has 7 heteroatoms. The number of methoxy groups -OCH3 is 1. The Morgan fingerprint density at radius 2 is 2.22 bits per heavy atom. The Kier molecular flexibility index (Phi) is 5.24. The van der Waals surface area contributed by atoms with Gasteiger partial charge < -0.3 is 4.74 Å². The lowest BCUT2D eigenvalue weighted by atomic mass is 10.3. The average Bonchev–Trinajstić information content (AvgIpc) is 2.39. The molecule has 1 aromatic heterocycles. The second-order valence-electron chi connectivity index (χ2n) is 3.69. The molecular formula is C11H16N2O4S. The predicted molar refractivity (Wildman–Crippen MR) is 65.3 cm³/mol. The van der Waals surface area contributed by atoms with Gasteiger partial charge in [0.1, 0.15) is 4.90 Å². The highest BCUT2D eigenvalue weighted by atomic mass is 32.2. The van der Waals surface area contributed by atoms with Gasteiger partial charge in [0.2, 0.25) is 10.0 Å². The van der Waals surface area contributed by atoms with Gasteiger partial charge in [-0.2, -0.15) is 0 Å². The lowest BCUT2D eigenvalue weighted by Gasteiger charge is -2.16. The first kappa shape index (κ1) is 14.6. The van der Waals surface area contributed by atoms with E-state index in [9.17, 15) is 13.2 Å². The molecule has 18 heavy (non-hydrogen) atoms. The number of aromatic nitrogens is 1. The molecule has 0 aromatic carbocycles. The molecule has 0 spiro atoms. The Morgan fingerprint density at radius 1 is 1.50 bits per heavy atom. The summed E-state index contributed by atoms with van der Waals surface area (Å²) >= 11 is 0. The van der Waals surface area contributed by atoms with Crippen molar-refractivity contribution in [2.24, 2.45) is 0 Å². The van der Waals surface area contributed by atoms with Crippen molar-refractivity contribution in [3.8, 4) is 0 Å². The molecule has 100 valence electrons. The van der Waals surface area contributed by atoms with Crippen molar-refractivity contribution < 1.29 is 17.9 Å². The molecule has 0 fully saturated rings. The van der Waals surface area contributed by atoms with Crippen LogP contribution in [0.25, 0.3) is 0 Å². The zero-order valence-corrected chi connectivity index (χ0v) is 11.2. The molecule has 1 rings (SSSR count). The second-order valence-corrected chi connectivity index (χ2v) is 5.74. The van der Waals surface area contributed by atoms with E-state index >= 15 is 0 Å². The highest BCUT2D eigenvalue weighted by molar-refractivity contribution is 7.89.